The monoisotopic (exact) mass is 416 g/mol. The fourth-order valence-electron chi connectivity index (χ4n) is 3.02. The molecule has 1 atom stereocenters. The first kappa shape index (κ1) is 28.4. The largest absolute Gasteiger partial charge is 0.465 e. The summed E-state index contributed by atoms with van der Waals surface area (Å²) < 4.78 is 21.9. The maximum Gasteiger partial charge on any atom is 0.305 e. The van der Waals surface area contributed by atoms with Gasteiger partial charge in [0, 0.05) is 19.6 Å². The molecular formula is C24H48O5. The van der Waals surface area contributed by atoms with Crippen LogP contribution in [0.5, 0.6) is 0 Å². The Morgan fingerprint density at radius 1 is 0.690 bits per heavy atom. The number of esters is 1. The molecule has 0 aliphatic rings. The second-order valence-electron chi connectivity index (χ2n) is 8.34. The first-order valence-electron chi connectivity index (χ1n) is 12.0. The standard InChI is InChI=1S/C24H48O5/c1-5-7-9-10-13-23(12-8-6-2)21-29-24(25)14-11-15-26-16-17-27-18-19-28-20-22(3)4/h22-23H,5-21H2,1-4H3. The van der Waals surface area contributed by atoms with Gasteiger partial charge in [0.2, 0.25) is 0 Å². The SMILES string of the molecule is CCCCCCC(CCCC)COC(=O)CCCOCCOCCOCC(C)C. The molecule has 0 radical (unpaired) electrons. The molecule has 0 rings (SSSR count). The lowest BCUT2D eigenvalue weighted by molar-refractivity contribution is -0.145. The molecule has 0 aliphatic heterocycles. The van der Waals surface area contributed by atoms with Crippen LogP contribution in [0.15, 0.2) is 0 Å². The van der Waals surface area contributed by atoms with Gasteiger partial charge in [-0.15, -0.1) is 0 Å². The maximum atomic E-state index is 12.0. The third-order valence-electron chi connectivity index (χ3n) is 4.78. The van der Waals surface area contributed by atoms with Crippen LogP contribution in [-0.4, -0.2) is 52.2 Å². The Balaban J connectivity index is 3.57. The van der Waals surface area contributed by atoms with Gasteiger partial charge in [-0.25, -0.2) is 0 Å². The van der Waals surface area contributed by atoms with Crippen molar-refractivity contribution in [2.24, 2.45) is 11.8 Å². The van der Waals surface area contributed by atoms with E-state index in [1.54, 1.807) is 0 Å². The molecule has 5 heteroatoms. The van der Waals surface area contributed by atoms with Crippen molar-refractivity contribution in [3.05, 3.63) is 0 Å². The molecule has 0 saturated carbocycles. The minimum absolute atomic E-state index is 0.0952. The molecule has 174 valence electrons. The van der Waals surface area contributed by atoms with Gasteiger partial charge in [-0.05, 0) is 31.1 Å². The van der Waals surface area contributed by atoms with E-state index < -0.39 is 0 Å². The Labute approximate surface area is 180 Å². The van der Waals surface area contributed by atoms with Crippen LogP contribution in [-0.2, 0) is 23.7 Å². The fraction of sp³-hybridized carbons (Fsp3) is 0.958. The molecule has 0 aromatic heterocycles. The molecule has 0 bridgehead atoms. The number of rotatable bonds is 22. The van der Waals surface area contributed by atoms with Crippen molar-refractivity contribution in [1.82, 2.24) is 0 Å². The molecule has 1 unspecified atom stereocenters. The molecular weight excluding hydrogens is 368 g/mol. The highest BCUT2D eigenvalue weighted by Gasteiger charge is 2.12. The zero-order valence-electron chi connectivity index (χ0n) is 19.7. The number of hydrogen-bond donors (Lipinski definition) is 0. The average Bonchev–Trinajstić information content (AvgIpc) is 2.70. The van der Waals surface area contributed by atoms with E-state index in [4.69, 9.17) is 18.9 Å². The molecule has 0 saturated heterocycles. The summed E-state index contributed by atoms with van der Waals surface area (Å²) in [7, 11) is 0. The van der Waals surface area contributed by atoms with Crippen LogP contribution in [0.3, 0.4) is 0 Å². The highest BCUT2D eigenvalue weighted by Crippen LogP contribution is 2.18. The second kappa shape index (κ2) is 22.0. The Kier molecular flexibility index (Phi) is 21.6. The van der Waals surface area contributed by atoms with Crippen LogP contribution in [0, 0.1) is 11.8 Å². The minimum atomic E-state index is -0.0952. The van der Waals surface area contributed by atoms with Gasteiger partial charge in [-0.3, -0.25) is 4.79 Å². The molecule has 0 spiro atoms. The van der Waals surface area contributed by atoms with Crippen molar-refractivity contribution in [1.29, 1.82) is 0 Å². The van der Waals surface area contributed by atoms with Crippen molar-refractivity contribution in [3.8, 4) is 0 Å². The van der Waals surface area contributed by atoms with E-state index in [-0.39, 0.29) is 5.97 Å². The summed E-state index contributed by atoms with van der Waals surface area (Å²) in [6, 6.07) is 0. The third-order valence-corrected chi connectivity index (χ3v) is 4.78. The van der Waals surface area contributed by atoms with Crippen molar-refractivity contribution >= 4 is 5.97 Å². The molecule has 0 N–H and O–H groups in total. The van der Waals surface area contributed by atoms with Gasteiger partial charge in [0.25, 0.3) is 0 Å². The van der Waals surface area contributed by atoms with Crippen molar-refractivity contribution in [2.45, 2.75) is 91.9 Å². The van der Waals surface area contributed by atoms with Crippen molar-refractivity contribution in [3.63, 3.8) is 0 Å². The van der Waals surface area contributed by atoms with Gasteiger partial charge < -0.3 is 18.9 Å². The molecule has 0 aromatic rings. The van der Waals surface area contributed by atoms with Gasteiger partial charge in [0.1, 0.15) is 0 Å². The molecule has 5 nitrogen and oxygen atoms in total. The first-order chi connectivity index (χ1) is 14.1. The smallest absolute Gasteiger partial charge is 0.305 e. The lowest BCUT2D eigenvalue weighted by Gasteiger charge is -2.16. The summed E-state index contributed by atoms with van der Waals surface area (Å²) in [6.07, 6.45) is 11.0. The van der Waals surface area contributed by atoms with E-state index in [0.717, 1.165) is 6.61 Å². The van der Waals surface area contributed by atoms with E-state index in [9.17, 15) is 4.79 Å². The van der Waals surface area contributed by atoms with Gasteiger partial charge in [0.15, 0.2) is 0 Å². The third kappa shape index (κ3) is 21.9. The molecule has 0 fully saturated rings. The predicted molar refractivity (Wildman–Crippen MR) is 119 cm³/mol. The Hall–Kier alpha value is -0.650. The Morgan fingerprint density at radius 3 is 1.97 bits per heavy atom. The Morgan fingerprint density at radius 2 is 1.31 bits per heavy atom. The van der Waals surface area contributed by atoms with E-state index in [1.807, 2.05) is 0 Å². The second-order valence-corrected chi connectivity index (χ2v) is 8.34. The predicted octanol–water partition coefficient (Wildman–Crippen LogP) is 5.79. The molecule has 0 amide bonds. The normalized spacial score (nSPS) is 12.4. The zero-order valence-corrected chi connectivity index (χ0v) is 19.7. The van der Waals surface area contributed by atoms with Crippen LogP contribution < -0.4 is 0 Å². The molecule has 0 aliphatic carbocycles. The van der Waals surface area contributed by atoms with E-state index in [2.05, 4.69) is 27.7 Å². The lowest BCUT2D eigenvalue weighted by Crippen LogP contribution is -2.15. The summed E-state index contributed by atoms with van der Waals surface area (Å²) in [5.74, 6) is 0.980. The number of carbonyl (C=O) groups excluding carboxylic acids is 1. The van der Waals surface area contributed by atoms with Gasteiger partial charge >= 0.3 is 5.97 Å². The summed E-state index contributed by atoms with van der Waals surface area (Å²) in [5, 5.41) is 0. The van der Waals surface area contributed by atoms with Gasteiger partial charge in [-0.1, -0.05) is 66.2 Å². The highest BCUT2D eigenvalue weighted by atomic mass is 16.5. The first-order valence-corrected chi connectivity index (χ1v) is 12.0. The summed E-state index contributed by atoms with van der Waals surface area (Å²) in [6.45, 7) is 13.0. The highest BCUT2D eigenvalue weighted by molar-refractivity contribution is 5.69. The quantitative estimate of drug-likeness (QED) is 0.165. The number of unbranched alkanes of at least 4 members (excludes halogenated alkanes) is 4. The topological polar surface area (TPSA) is 54.0 Å². The molecule has 0 aromatic carbocycles. The van der Waals surface area contributed by atoms with Crippen molar-refractivity contribution < 1.29 is 23.7 Å². The van der Waals surface area contributed by atoms with Gasteiger partial charge in [0.05, 0.1) is 33.0 Å². The summed E-state index contributed by atoms with van der Waals surface area (Å²) in [4.78, 5) is 12.0. The fourth-order valence-corrected chi connectivity index (χ4v) is 3.02. The van der Waals surface area contributed by atoms with Crippen LogP contribution in [0.4, 0.5) is 0 Å². The molecule has 29 heavy (non-hydrogen) atoms. The summed E-state index contributed by atoms with van der Waals surface area (Å²) >= 11 is 0. The van der Waals surface area contributed by atoms with E-state index in [1.165, 1.54) is 51.4 Å². The lowest BCUT2D eigenvalue weighted by atomic mass is 9.96. The number of carbonyl (C=O) groups is 1. The number of ether oxygens (including phenoxy) is 4. The summed E-state index contributed by atoms with van der Waals surface area (Å²) in [5.41, 5.74) is 0. The maximum absolute atomic E-state index is 12.0. The zero-order chi connectivity index (χ0) is 21.6. The Bertz CT molecular complexity index is 346. The van der Waals surface area contributed by atoms with Crippen molar-refractivity contribution in [2.75, 3.05) is 46.2 Å². The number of hydrogen-bond acceptors (Lipinski definition) is 5. The molecule has 0 heterocycles. The minimum Gasteiger partial charge on any atom is -0.465 e. The van der Waals surface area contributed by atoms with Crippen LogP contribution in [0.2, 0.25) is 0 Å². The van der Waals surface area contributed by atoms with E-state index >= 15 is 0 Å². The van der Waals surface area contributed by atoms with Crippen LogP contribution >= 0.6 is 0 Å². The average molecular weight is 417 g/mol. The van der Waals surface area contributed by atoms with Crippen LogP contribution in [0.1, 0.15) is 91.9 Å². The van der Waals surface area contributed by atoms with E-state index in [0.29, 0.717) is 64.3 Å². The van der Waals surface area contributed by atoms with Crippen LogP contribution in [0.25, 0.3) is 0 Å². The van der Waals surface area contributed by atoms with Gasteiger partial charge in [-0.2, -0.15) is 0 Å².